The first-order valence-corrected chi connectivity index (χ1v) is 7.00. The summed E-state index contributed by atoms with van der Waals surface area (Å²) < 4.78 is 13.4. The molecule has 1 atom stereocenters. The summed E-state index contributed by atoms with van der Waals surface area (Å²) in [7, 11) is 1.95. The van der Waals surface area contributed by atoms with Crippen LogP contribution in [0.2, 0.25) is 0 Å². The van der Waals surface area contributed by atoms with Gasteiger partial charge in [-0.25, -0.2) is 4.39 Å². The highest BCUT2D eigenvalue weighted by Crippen LogP contribution is 2.21. The van der Waals surface area contributed by atoms with Crippen molar-refractivity contribution >= 4 is 0 Å². The van der Waals surface area contributed by atoms with E-state index in [0.29, 0.717) is 5.56 Å². The SMILES string of the molecule is CNC(Cc1ccc(C)c(C)c1)c1ccc(F)c(C)c1. The maximum Gasteiger partial charge on any atom is 0.126 e. The molecule has 20 heavy (non-hydrogen) atoms. The minimum Gasteiger partial charge on any atom is -0.313 e. The fourth-order valence-corrected chi connectivity index (χ4v) is 2.44. The fourth-order valence-electron chi connectivity index (χ4n) is 2.44. The number of hydrogen-bond donors (Lipinski definition) is 1. The third kappa shape index (κ3) is 3.26. The molecule has 2 rings (SSSR count). The first kappa shape index (κ1) is 14.7. The van der Waals surface area contributed by atoms with E-state index in [2.05, 4.69) is 37.4 Å². The summed E-state index contributed by atoms with van der Waals surface area (Å²) in [5.41, 5.74) is 5.75. The van der Waals surface area contributed by atoms with Crippen LogP contribution in [-0.2, 0) is 6.42 Å². The number of hydrogen-bond acceptors (Lipinski definition) is 1. The van der Waals surface area contributed by atoms with Crippen molar-refractivity contribution in [3.05, 3.63) is 70.0 Å². The van der Waals surface area contributed by atoms with Gasteiger partial charge in [-0.15, -0.1) is 0 Å². The van der Waals surface area contributed by atoms with Crippen LogP contribution in [0.15, 0.2) is 36.4 Å². The minimum atomic E-state index is -0.144. The van der Waals surface area contributed by atoms with Crippen molar-refractivity contribution in [3.63, 3.8) is 0 Å². The summed E-state index contributed by atoms with van der Waals surface area (Å²) in [6.07, 6.45) is 0.905. The van der Waals surface area contributed by atoms with Crippen LogP contribution in [0.5, 0.6) is 0 Å². The maximum atomic E-state index is 13.4. The van der Waals surface area contributed by atoms with Gasteiger partial charge in [-0.3, -0.25) is 0 Å². The lowest BCUT2D eigenvalue weighted by Crippen LogP contribution is -2.19. The van der Waals surface area contributed by atoms with Crippen LogP contribution in [-0.4, -0.2) is 7.05 Å². The van der Waals surface area contributed by atoms with E-state index in [0.717, 1.165) is 12.0 Å². The number of nitrogens with one attached hydrogen (secondary N) is 1. The lowest BCUT2D eigenvalue weighted by Gasteiger charge is -2.18. The van der Waals surface area contributed by atoms with Crippen molar-refractivity contribution in [1.29, 1.82) is 0 Å². The summed E-state index contributed by atoms with van der Waals surface area (Å²) in [5, 5.41) is 3.33. The highest BCUT2D eigenvalue weighted by Gasteiger charge is 2.12. The van der Waals surface area contributed by atoms with Crippen LogP contribution in [0.1, 0.15) is 33.9 Å². The molecule has 0 aliphatic carbocycles. The molecule has 2 heteroatoms. The second-order valence-electron chi connectivity index (χ2n) is 5.47. The van der Waals surface area contributed by atoms with Gasteiger partial charge in [-0.1, -0.05) is 30.3 Å². The van der Waals surface area contributed by atoms with E-state index < -0.39 is 0 Å². The van der Waals surface area contributed by atoms with E-state index in [1.807, 2.05) is 26.1 Å². The monoisotopic (exact) mass is 271 g/mol. The van der Waals surface area contributed by atoms with E-state index in [4.69, 9.17) is 0 Å². The molecular weight excluding hydrogens is 249 g/mol. The molecule has 0 heterocycles. The molecule has 0 fully saturated rings. The predicted octanol–water partition coefficient (Wildman–Crippen LogP) is 4.25. The number of likely N-dealkylation sites (N-methyl/N-ethyl adjacent to an activating group) is 1. The zero-order valence-corrected chi connectivity index (χ0v) is 12.6. The second kappa shape index (κ2) is 6.19. The molecule has 0 bridgehead atoms. The lowest BCUT2D eigenvalue weighted by atomic mass is 9.95. The number of aryl methyl sites for hydroxylation is 3. The average Bonchev–Trinajstić information content (AvgIpc) is 2.43. The molecule has 0 saturated heterocycles. The maximum absolute atomic E-state index is 13.4. The lowest BCUT2D eigenvalue weighted by molar-refractivity contribution is 0.583. The highest BCUT2D eigenvalue weighted by molar-refractivity contribution is 5.32. The summed E-state index contributed by atoms with van der Waals surface area (Å²) >= 11 is 0. The largest absolute Gasteiger partial charge is 0.313 e. The van der Waals surface area contributed by atoms with E-state index in [9.17, 15) is 4.39 Å². The van der Waals surface area contributed by atoms with E-state index in [1.54, 1.807) is 6.07 Å². The smallest absolute Gasteiger partial charge is 0.126 e. The Morgan fingerprint density at radius 3 is 2.30 bits per heavy atom. The van der Waals surface area contributed by atoms with Gasteiger partial charge in [0, 0.05) is 6.04 Å². The van der Waals surface area contributed by atoms with Crippen LogP contribution in [0.4, 0.5) is 4.39 Å². The number of rotatable bonds is 4. The number of benzene rings is 2. The minimum absolute atomic E-state index is 0.144. The molecule has 0 aliphatic heterocycles. The summed E-state index contributed by atoms with van der Waals surface area (Å²) in [6.45, 7) is 6.06. The molecule has 0 radical (unpaired) electrons. The fraction of sp³-hybridized carbons (Fsp3) is 0.333. The molecular formula is C18H22FN. The quantitative estimate of drug-likeness (QED) is 0.876. The molecule has 0 amide bonds. The van der Waals surface area contributed by atoms with E-state index in [1.165, 1.54) is 16.7 Å². The van der Waals surface area contributed by atoms with Gasteiger partial charge in [0.2, 0.25) is 0 Å². The van der Waals surface area contributed by atoms with Crippen molar-refractivity contribution in [2.24, 2.45) is 0 Å². The molecule has 0 saturated carbocycles. The van der Waals surface area contributed by atoms with Crippen LogP contribution in [0, 0.1) is 26.6 Å². The Balaban J connectivity index is 2.23. The third-order valence-corrected chi connectivity index (χ3v) is 3.94. The molecule has 2 aromatic rings. The van der Waals surface area contributed by atoms with Crippen molar-refractivity contribution in [3.8, 4) is 0 Å². The first-order chi connectivity index (χ1) is 9.51. The molecule has 2 aromatic carbocycles. The molecule has 106 valence electrons. The normalized spacial score (nSPS) is 12.4. The second-order valence-corrected chi connectivity index (χ2v) is 5.47. The Hall–Kier alpha value is -1.67. The zero-order chi connectivity index (χ0) is 14.7. The molecule has 0 aliphatic rings. The van der Waals surface area contributed by atoms with E-state index >= 15 is 0 Å². The topological polar surface area (TPSA) is 12.0 Å². The molecule has 0 spiro atoms. The number of halogens is 1. The molecule has 1 unspecified atom stereocenters. The third-order valence-electron chi connectivity index (χ3n) is 3.94. The van der Waals surface area contributed by atoms with Crippen LogP contribution in [0.25, 0.3) is 0 Å². The average molecular weight is 271 g/mol. The van der Waals surface area contributed by atoms with Crippen LogP contribution < -0.4 is 5.32 Å². The van der Waals surface area contributed by atoms with Crippen molar-refractivity contribution in [2.75, 3.05) is 7.05 Å². The van der Waals surface area contributed by atoms with Gasteiger partial charge in [0.05, 0.1) is 0 Å². The molecule has 1 N–H and O–H groups in total. The standard InChI is InChI=1S/C18H22FN/c1-12-5-6-15(9-13(12)2)11-18(20-4)16-7-8-17(19)14(3)10-16/h5-10,18,20H,11H2,1-4H3. The van der Waals surface area contributed by atoms with Gasteiger partial charge in [0.1, 0.15) is 5.82 Å². The Morgan fingerprint density at radius 1 is 0.950 bits per heavy atom. The Morgan fingerprint density at radius 2 is 1.70 bits per heavy atom. The Kier molecular flexibility index (Phi) is 4.56. The predicted molar refractivity (Wildman–Crippen MR) is 82.6 cm³/mol. The van der Waals surface area contributed by atoms with Gasteiger partial charge >= 0.3 is 0 Å². The van der Waals surface area contributed by atoms with Crippen molar-refractivity contribution < 1.29 is 4.39 Å². The van der Waals surface area contributed by atoms with Gasteiger partial charge in [-0.05, 0) is 68.1 Å². The molecule has 0 aromatic heterocycles. The van der Waals surface area contributed by atoms with Gasteiger partial charge < -0.3 is 5.32 Å². The zero-order valence-electron chi connectivity index (χ0n) is 12.6. The summed E-state index contributed by atoms with van der Waals surface area (Å²) in [6, 6.07) is 12.1. The molecule has 1 nitrogen and oxygen atoms in total. The van der Waals surface area contributed by atoms with Gasteiger partial charge in [-0.2, -0.15) is 0 Å². The Bertz CT molecular complexity index is 604. The van der Waals surface area contributed by atoms with Crippen LogP contribution in [0.3, 0.4) is 0 Å². The van der Waals surface area contributed by atoms with E-state index in [-0.39, 0.29) is 11.9 Å². The van der Waals surface area contributed by atoms with Crippen LogP contribution >= 0.6 is 0 Å². The highest BCUT2D eigenvalue weighted by atomic mass is 19.1. The summed E-state index contributed by atoms with van der Waals surface area (Å²) in [4.78, 5) is 0. The van der Waals surface area contributed by atoms with Gasteiger partial charge in [0.15, 0.2) is 0 Å². The van der Waals surface area contributed by atoms with Crippen molar-refractivity contribution in [2.45, 2.75) is 33.2 Å². The summed E-state index contributed by atoms with van der Waals surface area (Å²) in [5.74, 6) is -0.144. The Labute approximate surface area is 120 Å². The van der Waals surface area contributed by atoms with Crippen molar-refractivity contribution in [1.82, 2.24) is 5.32 Å². The van der Waals surface area contributed by atoms with Gasteiger partial charge in [0.25, 0.3) is 0 Å². The first-order valence-electron chi connectivity index (χ1n) is 7.00.